The van der Waals surface area contributed by atoms with Crippen LogP contribution in [0.4, 0.5) is 17.6 Å². The van der Waals surface area contributed by atoms with Crippen molar-refractivity contribution in [3.05, 3.63) is 30.1 Å². The van der Waals surface area contributed by atoms with E-state index in [1.807, 2.05) is 22.8 Å². The van der Waals surface area contributed by atoms with E-state index >= 15 is 0 Å². The Balaban J connectivity index is 1.30. The Bertz CT molecular complexity index is 1120. The van der Waals surface area contributed by atoms with E-state index in [2.05, 4.69) is 26.5 Å². The van der Waals surface area contributed by atoms with Gasteiger partial charge in [-0.2, -0.15) is 10.1 Å². The van der Waals surface area contributed by atoms with Gasteiger partial charge in [0.25, 0.3) is 0 Å². The zero-order valence-electron chi connectivity index (χ0n) is 17.5. The van der Waals surface area contributed by atoms with Gasteiger partial charge in [-0.25, -0.2) is 4.52 Å². The Kier molecular flexibility index (Phi) is 4.45. The largest absolute Gasteiger partial charge is 0.329 e. The molecule has 0 aromatic carbocycles. The molecule has 2 aliphatic carbocycles. The lowest BCUT2D eigenvalue weighted by Crippen LogP contribution is -2.40. The third-order valence-electron chi connectivity index (χ3n) is 6.95. The minimum Gasteiger partial charge on any atom is -0.329 e. The molecule has 6 rings (SSSR count). The number of anilines is 3. The van der Waals surface area contributed by atoms with Gasteiger partial charge in [0.05, 0.1) is 6.04 Å². The summed E-state index contributed by atoms with van der Waals surface area (Å²) in [7, 11) is 0. The minimum absolute atomic E-state index is 0.0680. The summed E-state index contributed by atoms with van der Waals surface area (Å²) in [5.74, 6) is 3.02. The maximum absolute atomic E-state index is 13.2. The number of nitrogens with two attached hydrogens (primary N) is 1. The number of hydrogen-bond acceptors (Lipinski definition) is 7. The van der Waals surface area contributed by atoms with Crippen molar-refractivity contribution in [1.29, 1.82) is 0 Å². The van der Waals surface area contributed by atoms with E-state index in [1.165, 1.54) is 18.5 Å². The predicted octanol–water partition coefficient (Wildman–Crippen LogP) is 2.74. The number of nitrogens with zero attached hydrogens (tertiary/aromatic N) is 5. The van der Waals surface area contributed by atoms with E-state index in [9.17, 15) is 4.79 Å². The van der Waals surface area contributed by atoms with Crippen LogP contribution >= 0.6 is 0 Å². The number of carbonyl (C=O) groups excluding carboxylic acids is 1. The summed E-state index contributed by atoms with van der Waals surface area (Å²) in [6.45, 7) is 0.787. The topological polar surface area (TPSA) is 117 Å². The lowest BCUT2D eigenvalue weighted by molar-refractivity contribution is -0.123. The summed E-state index contributed by atoms with van der Waals surface area (Å²) < 4.78 is 1.82. The van der Waals surface area contributed by atoms with Gasteiger partial charge in [0.2, 0.25) is 5.95 Å². The van der Waals surface area contributed by atoms with Crippen molar-refractivity contribution in [2.24, 2.45) is 11.7 Å². The number of aromatic amines is 1. The van der Waals surface area contributed by atoms with Crippen molar-refractivity contribution in [3.63, 3.8) is 0 Å². The van der Waals surface area contributed by atoms with Gasteiger partial charge in [-0.1, -0.05) is 0 Å². The monoisotopic (exact) mass is 420 g/mol. The van der Waals surface area contributed by atoms with E-state index in [-0.39, 0.29) is 18.0 Å². The molecule has 9 nitrogen and oxygen atoms in total. The van der Waals surface area contributed by atoms with E-state index in [4.69, 9.17) is 15.8 Å². The van der Waals surface area contributed by atoms with Crippen molar-refractivity contribution in [2.75, 3.05) is 16.8 Å². The number of hydrogen-bond donors (Lipinski definition) is 3. The summed E-state index contributed by atoms with van der Waals surface area (Å²) in [5, 5.41) is 15.6. The first-order valence-corrected chi connectivity index (χ1v) is 11.4. The number of rotatable bonds is 6. The first-order chi connectivity index (χ1) is 15.2. The molecule has 31 heavy (non-hydrogen) atoms. The van der Waals surface area contributed by atoms with Crippen LogP contribution in [-0.4, -0.2) is 49.2 Å². The van der Waals surface area contributed by atoms with Gasteiger partial charge in [-0.3, -0.25) is 9.89 Å². The van der Waals surface area contributed by atoms with Gasteiger partial charge in [0, 0.05) is 42.4 Å². The summed E-state index contributed by atoms with van der Waals surface area (Å²) in [5.41, 5.74) is 8.11. The molecule has 3 fully saturated rings. The zero-order chi connectivity index (χ0) is 20.9. The Labute approximate surface area is 180 Å². The molecule has 0 amide bonds. The number of H-pyrrole nitrogens is 1. The van der Waals surface area contributed by atoms with Crippen LogP contribution in [0.3, 0.4) is 0 Å². The molecular formula is C22H28N8O. The van der Waals surface area contributed by atoms with Crippen LogP contribution in [0.2, 0.25) is 0 Å². The number of aromatic nitrogens is 5. The van der Waals surface area contributed by atoms with Gasteiger partial charge < -0.3 is 16.0 Å². The van der Waals surface area contributed by atoms with E-state index in [0.717, 1.165) is 50.0 Å². The Morgan fingerprint density at radius 2 is 2.13 bits per heavy atom. The summed E-state index contributed by atoms with van der Waals surface area (Å²) >= 11 is 0. The van der Waals surface area contributed by atoms with Gasteiger partial charge in [0.15, 0.2) is 17.4 Å². The minimum atomic E-state index is -0.164. The molecule has 3 atom stereocenters. The molecule has 9 heteroatoms. The maximum Gasteiger partial charge on any atom is 0.246 e. The van der Waals surface area contributed by atoms with Gasteiger partial charge in [-0.15, -0.1) is 5.10 Å². The standard InChI is InChI=1S/C22H28N8O/c23-15-8-7-14(11-15)20(31)17-3-1-9-29(17)22-25-21(18-4-2-10-30(18)28-22)24-19-12-16(26-27-19)13-5-6-13/h2,4,10,12-15,17H,1,3,5-9,11,23H2,(H2,24,25,26,27,28)/t14?,15-,17+/m1/s1. The van der Waals surface area contributed by atoms with E-state index in [1.54, 1.807) is 0 Å². The SMILES string of the molecule is N[C@@H]1CCC(C(=O)[C@@H]2CCCN2c2nc(Nc3cc(C4CC4)[nH]n3)c3cccn3n2)C1. The van der Waals surface area contributed by atoms with Crippen LogP contribution in [0.15, 0.2) is 24.4 Å². The van der Waals surface area contributed by atoms with Crippen LogP contribution in [0.25, 0.3) is 5.52 Å². The molecule has 4 heterocycles. The molecule has 3 aromatic heterocycles. The summed E-state index contributed by atoms with van der Waals surface area (Å²) in [6, 6.07) is 5.98. The molecule has 0 radical (unpaired) electrons. The number of fused-ring (bicyclic) bond motifs is 1. The second-order valence-electron chi connectivity index (χ2n) is 9.23. The average Bonchev–Trinajstić information content (AvgIpc) is 3.22. The highest BCUT2D eigenvalue weighted by Gasteiger charge is 2.39. The smallest absolute Gasteiger partial charge is 0.246 e. The molecular weight excluding hydrogens is 392 g/mol. The highest BCUT2D eigenvalue weighted by molar-refractivity contribution is 5.89. The maximum atomic E-state index is 13.2. The second kappa shape index (κ2) is 7.33. The van der Waals surface area contributed by atoms with E-state index in [0.29, 0.717) is 23.5 Å². The lowest BCUT2D eigenvalue weighted by Gasteiger charge is -2.26. The highest BCUT2D eigenvalue weighted by Crippen LogP contribution is 2.40. The van der Waals surface area contributed by atoms with Crippen molar-refractivity contribution < 1.29 is 4.79 Å². The third-order valence-corrected chi connectivity index (χ3v) is 6.95. The van der Waals surface area contributed by atoms with Crippen LogP contribution < -0.4 is 16.0 Å². The second-order valence-corrected chi connectivity index (χ2v) is 9.23. The van der Waals surface area contributed by atoms with Crippen LogP contribution in [0.1, 0.15) is 56.6 Å². The first kappa shape index (κ1) is 18.8. The highest BCUT2D eigenvalue weighted by atomic mass is 16.1. The normalized spacial score (nSPS) is 26.1. The molecule has 1 saturated heterocycles. The first-order valence-electron chi connectivity index (χ1n) is 11.4. The summed E-state index contributed by atoms with van der Waals surface area (Å²) in [6.07, 6.45) is 8.81. The fraction of sp³-hybridized carbons (Fsp3) is 0.545. The quantitative estimate of drug-likeness (QED) is 0.561. The molecule has 0 bridgehead atoms. The Hall–Kier alpha value is -2.94. The van der Waals surface area contributed by atoms with Gasteiger partial charge in [-0.05, 0) is 57.1 Å². The number of nitrogens with one attached hydrogen (secondary N) is 2. The predicted molar refractivity (Wildman–Crippen MR) is 118 cm³/mol. The Morgan fingerprint density at radius 1 is 1.23 bits per heavy atom. The summed E-state index contributed by atoms with van der Waals surface area (Å²) in [4.78, 5) is 20.2. The van der Waals surface area contributed by atoms with Crippen LogP contribution in [-0.2, 0) is 4.79 Å². The molecule has 3 aromatic rings. The Morgan fingerprint density at radius 3 is 2.94 bits per heavy atom. The molecule has 162 valence electrons. The van der Waals surface area contributed by atoms with Crippen molar-refractivity contribution >= 4 is 28.9 Å². The van der Waals surface area contributed by atoms with Gasteiger partial charge in [0.1, 0.15) is 5.52 Å². The van der Waals surface area contributed by atoms with Crippen molar-refractivity contribution in [2.45, 2.75) is 62.9 Å². The number of carbonyl (C=O) groups is 1. The lowest BCUT2D eigenvalue weighted by atomic mass is 9.95. The molecule has 3 aliphatic rings. The van der Waals surface area contributed by atoms with Gasteiger partial charge >= 0.3 is 0 Å². The molecule has 1 aliphatic heterocycles. The zero-order valence-corrected chi connectivity index (χ0v) is 17.5. The van der Waals surface area contributed by atoms with E-state index < -0.39 is 0 Å². The molecule has 1 unspecified atom stereocenters. The third kappa shape index (κ3) is 3.46. The fourth-order valence-electron chi connectivity index (χ4n) is 5.11. The van der Waals surface area contributed by atoms with Crippen LogP contribution in [0.5, 0.6) is 0 Å². The average molecular weight is 421 g/mol. The number of Topliss-reactive ketones (excluding diaryl/α,β-unsaturated/α-hetero) is 1. The van der Waals surface area contributed by atoms with Crippen molar-refractivity contribution in [1.82, 2.24) is 24.8 Å². The van der Waals surface area contributed by atoms with Crippen LogP contribution in [0, 0.1) is 5.92 Å². The molecule has 4 N–H and O–H groups in total. The molecule has 0 spiro atoms. The van der Waals surface area contributed by atoms with Crippen molar-refractivity contribution in [3.8, 4) is 0 Å². The number of ketones is 1. The molecule has 2 saturated carbocycles. The fourth-order valence-corrected chi connectivity index (χ4v) is 5.11.